The number of halogens is 1. The molecular formula is C19H17FN6. The molecule has 0 atom stereocenters. The molecule has 0 aliphatic rings. The van der Waals surface area contributed by atoms with E-state index < -0.39 is 0 Å². The number of aryl methyl sites for hydroxylation is 1. The number of pyridine rings is 1. The Morgan fingerprint density at radius 1 is 1.19 bits per heavy atom. The van der Waals surface area contributed by atoms with E-state index in [0.717, 1.165) is 16.9 Å². The van der Waals surface area contributed by atoms with Crippen LogP contribution >= 0.6 is 0 Å². The van der Waals surface area contributed by atoms with Gasteiger partial charge in [-0.05, 0) is 36.8 Å². The second-order valence-corrected chi connectivity index (χ2v) is 6.01. The molecule has 3 N–H and O–H groups in total. The number of fused-ring (bicyclic) bond motifs is 1. The van der Waals surface area contributed by atoms with Gasteiger partial charge in [-0.3, -0.25) is 0 Å². The number of nitrogen functional groups attached to an aromatic ring is 1. The molecule has 6 nitrogen and oxygen atoms in total. The molecule has 3 heterocycles. The van der Waals surface area contributed by atoms with E-state index in [-0.39, 0.29) is 5.82 Å². The lowest BCUT2D eigenvalue weighted by Crippen LogP contribution is -2.07. The minimum atomic E-state index is -0.311. The van der Waals surface area contributed by atoms with Crippen LogP contribution in [0.4, 0.5) is 16.0 Å². The summed E-state index contributed by atoms with van der Waals surface area (Å²) < 4.78 is 15.9. The van der Waals surface area contributed by atoms with E-state index in [0.29, 0.717) is 29.3 Å². The molecule has 3 aromatic heterocycles. The fraction of sp³-hybridized carbons (Fsp3) is 0.105. The van der Waals surface area contributed by atoms with Crippen LogP contribution in [0.15, 0.2) is 54.9 Å². The molecule has 130 valence electrons. The number of nitrogens with one attached hydrogen (secondary N) is 1. The van der Waals surface area contributed by atoms with Crippen LogP contribution in [-0.2, 0) is 6.54 Å². The first-order valence-corrected chi connectivity index (χ1v) is 8.16. The molecule has 0 fully saturated rings. The standard InChI is InChI=1S/C19H17FN6/c1-12-10-24-26-18(23-11-13-6-7-22-17(21)8-13)9-16(25-19(12)26)14-4-2-3-5-15(14)20/h2-10,23H,11H2,1H3,(H2,21,22). The van der Waals surface area contributed by atoms with Crippen LogP contribution in [0, 0.1) is 12.7 Å². The number of hydrogen-bond donors (Lipinski definition) is 2. The summed E-state index contributed by atoms with van der Waals surface area (Å²) in [6, 6.07) is 12.1. The van der Waals surface area contributed by atoms with Crippen molar-refractivity contribution in [1.29, 1.82) is 0 Å². The normalized spacial score (nSPS) is 11.0. The molecule has 1 aromatic carbocycles. The number of anilines is 2. The van der Waals surface area contributed by atoms with Crippen molar-refractivity contribution in [3.63, 3.8) is 0 Å². The molecule has 0 spiro atoms. The van der Waals surface area contributed by atoms with Gasteiger partial charge in [0.2, 0.25) is 0 Å². The second-order valence-electron chi connectivity index (χ2n) is 6.01. The monoisotopic (exact) mass is 348 g/mol. The molecule has 0 bridgehead atoms. The van der Waals surface area contributed by atoms with E-state index in [2.05, 4.69) is 20.4 Å². The lowest BCUT2D eigenvalue weighted by molar-refractivity contribution is 0.630. The summed E-state index contributed by atoms with van der Waals surface area (Å²) in [6.07, 6.45) is 3.40. The summed E-state index contributed by atoms with van der Waals surface area (Å²) >= 11 is 0. The molecule has 0 aliphatic carbocycles. The van der Waals surface area contributed by atoms with Gasteiger partial charge in [0.1, 0.15) is 17.5 Å². The molecule has 0 radical (unpaired) electrons. The maximum Gasteiger partial charge on any atom is 0.160 e. The Balaban J connectivity index is 1.77. The van der Waals surface area contributed by atoms with Gasteiger partial charge in [-0.1, -0.05) is 12.1 Å². The van der Waals surface area contributed by atoms with Gasteiger partial charge < -0.3 is 11.1 Å². The Morgan fingerprint density at radius 2 is 2.04 bits per heavy atom. The molecule has 0 aliphatic heterocycles. The van der Waals surface area contributed by atoms with Gasteiger partial charge in [0.05, 0.1) is 11.9 Å². The van der Waals surface area contributed by atoms with Crippen molar-refractivity contribution in [1.82, 2.24) is 19.6 Å². The number of hydrogen-bond acceptors (Lipinski definition) is 5. The Morgan fingerprint density at radius 3 is 2.85 bits per heavy atom. The lowest BCUT2D eigenvalue weighted by atomic mass is 10.1. The average Bonchev–Trinajstić information content (AvgIpc) is 3.01. The number of benzene rings is 1. The van der Waals surface area contributed by atoms with Crippen molar-refractivity contribution in [3.05, 3.63) is 71.8 Å². The van der Waals surface area contributed by atoms with Crippen molar-refractivity contribution >= 4 is 17.3 Å². The predicted molar refractivity (Wildman–Crippen MR) is 99.1 cm³/mol. The smallest absolute Gasteiger partial charge is 0.160 e. The fourth-order valence-corrected chi connectivity index (χ4v) is 2.80. The second kappa shape index (κ2) is 6.44. The summed E-state index contributed by atoms with van der Waals surface area (Å²) in [6.45, 7) is 2.45. The zero-order valence-electron chi connectivity index (χ0n) is 14.1. The van der Waals surface area contributed by atoms with Crippen LogP contribution in [0.5, 0.6) is 0 Å². The highest BCUT2D eigenvalue weighted by Gasteiger charge is 2.13. The summed E-state index contributed by atoms with van der Waals surface area (Å²) in [7, 11) is 0. The summed E-state index contributed by atoms with van der Waals surface area (Å²) in [4.78, 5) is 8.58. The zero-order chi connectivity index (χ0) is 18.1. The number of nitrogens with two attached hydrogens (primary N) is 1. The van der Waals surface area contributed by atoms with E-state index in [4.69, 9.17) is 5.73 Å². The molecule has 0 saturated heterocycles. The number of aromatic nitrogens is 4. The van der Waals surface area contributed by atoms with Crippen molar-refractivity contribution in [2.24, 2.45) is 0 Å². The molecule has 0 amide bonds. The quantitative estimate of drug-likeness (QED) is 0.590. The third-order valence-electron chi connectivity index (χ3n) is 4.12. The van der Waals surface area contributed by atoms with Gasteiger partial charge in [-0.2, -0.15) is 9.61 Å². The minimum Gasteiger partial charge on any atom is -0.384 e. The molecule has 7 heteroatoms. The van der Waals surface area contributed by atoms with E-state index in [1.165, 1.54) is 6.07 Å². The van der Waals surface area contributed by atoms with Crippen LogP contribution in [0.1, 0.15) is 11.1 Å². The molecule has 0 unspecified atom stereocenters. The highest BCUT2D eigenvalue weighted by atomic mass is 19.1. The summed E-state index contributed by atoms with van der Waals surface area (Å²) in [5, 5.41) is 7.69. The highest BCUT2D eigenvalue weighted by Crippen LogP contribution is 2.26. The van der Waals surface area contributed by atoms with Crippen molar-refractivity contribution in [3.8, 4) is 11.3 Å². The first-order valence-electron chi connectivity index (χ1n) is 8.16. The Kier molecular flexibility index (Phi) is 3.96. The maximum atomic E-state index is 14.2. The first-order chi connectivity index (χ1) is 12.6. The third-order valence-corrected chi connectivity index (χ3v) is 4.12. The van der Waals surface area contributed by atoms with Gasteiger partial charge in [0.15, 0.2) is 5.65 Å². The van der Waals surface area contributed by atoms with Crippen molar-refractivity contribution in [2.45, 2.75) is 13.5 Å². The van der Waals surface area contributed by atoms with Crippen molar-refractivity contribution in [2.75, 3.05) is 11.1 Å². The Bertz CT molecular complexity index is 1090. The molecule has 4 rings (SSSR count). The number of nitrogens with zero attached hydrogens (tertiary/aromatic N) is 4. The van der Waals surface area contributed by atoms with Crippen LogP contribution in [-0.4, -0.2) is 19.6 Å². The molecule has 0 saturated carbocycles. The van der Waals surface area contributed by atoms with Crippen LogP contribution in [0.2, 0.25) is 0 Å². The lowest BCUT2D eigenvalue weighted by Gasteiger charge is -2.11. The summed E-state index contributed by atoms with van der Waals surface area (Å²) in [5.74, 6) is 0.872. The molecular weight excluding hydrogens is 331 g/mol. The van der Waals surface area contributed by atoms with E-state index in [9.17, 15) is 4.39 Å². The highest BCUT2D eigenvalue weighted by molar-refractivity contribution is 5.68. The van der Waals surface area contributed by atoms with Gasteiger partial charge in [0.25, 0.3) is 0 Å². The maximum absolute atomic E-state index is 14.2. The summed E-state index contributed by atoms with van der Waals surface area (Å²) in [5.41, 5.74) is 9.32. The van der Waals surface area contributed by atoms with Crippen LogP contribution < -0.4 is 11.1 Å². The van der Waals surface area contributed by atoms with Gasteiger partial charge in [-0.15, -0.1) is 0 Å². The molecule has 4 aromatic rings. The van der Waals surface area contributed by atoms with E-state index >= 15 is 0 Å². The van der Waals surface area contributed by atoms with Gasteiger partial charge in [-0.25, -0.2) is 14.4 Å². The van der Waals surface area contributed by atoms with Crippen LogP contribution in [0.25, 0.3) is 16.9 Å². The average molecular weight is 348 g/mol. The van der Waals surface area contributed by atoms with E-state index in [1.807, 2.05) is 13.0 Å². The molecule has 26 heavy (non-hydrogen) atoms. The largest absolute Gasteiger partial charge is 0.384 e. The van der Waals surface area contributed by atoms with Crippen LogP contribution in [0.3, 0.4) is 0 Å². The third kappa shape index (κ3) is 2.95. The minimum absolute atomic E-state index is 0.311. The predicted octanol–water partition coefficient (Wildman–Crippen LogP) is 3.43. The fourth-order valence-electron chi connectivity index (χ4n) is 2.80. The SMILES string of the molecule is Cc1cnn2c(NCc3ccnc(N)c3)cc(-c3ccccc3F)nc12. The topological polar surface area (TPSA) is 81.1 Å². The van der Waals surface area contributed by atoms with E-state index in [1.54, 1.807) is 47.2 Å². The Labute approximate surface area is 149 Å². The Hall–Kier alpha value is -3.48. The number of rotatable bonds is 4. The van der Waals surface area contributed by atoms with Gasteiger partial charge >= 0.3 is 0 Å². The van der Waals surface area contributed by atoms with Gasteiger partial charge in [0, 0.05) is 29.9 Å². The first kappa shape index (κ1) is 16.0. The zero-order valence-corrected chi connectivity index (χ0v) is 14.1. The van der Waals surface area contributed by atoms with Crippen molar-refractivity contribution < 1.29 is 4.39 Å².